The fourth-order valence-corrected chi connectivity index (χ4v) is 1.98. The minimum absolute atomic E-state index is 0. The Kier molecular flexibility index (Phi) is 7.27. The van der Waals surface area contributed by atoms with E-state index >= 15 is 0 Å². The van der Waals surface area contributed by atoms with Crippen LogP contribution in [0.15, 0.2) is 24.3 Å². The zero-order valence-electron chi connectivity index (χ0n) is 10.9. The van der Waals surface area contributed by atoms with Crippen molar-refractivity contribution < 1.29 is 9.47 Å². The number of nitriles is 1. The molecule has 104 valence electrons. The second-order valence-corrected chi connectivity index (χ2v) is 4.26. The standard InChI is InChI=1S/C14H18N2O2.ClH/c15-12-13-4-1-2-5-14(13)18-9-3-6-16-7-10-17-11-8-16;/h1-2,4-5H,3,6-11H2;1H. The van der Waals surface area contributed by atoms with E-state index in [1.54, 1.807) is 6.07 Å². The van der Waals surface area contributed by atoms with E-state index in [0.717, 1.165) is 39.3 Å². The maximum Gasteiger partial charge on any atom is 0.137 e. The predicted octanol–water partition coefficient (Wildman–Crippen LogP) is 2.08. The first-order valence-electron chi connectivity index (χ1n) is 6.32. The van der Waals surface area contributed by atoms with Gasteiger partial charge in [0.15, 0.2) is 0 Å². The highest BCUT2D eigenvalue weighted by molar-refractivity contribution is 5.85. The SMILES string of the molecule is Cl.N#Cc1ccccc1OCCCN1CCOCC1. The van der Waals surface area contributed by atoms with E-state index in [4.69, 9.17) is 14.7 Å². The number of halogens is 1. The number of rotatable bonds is 5. The highest BCUT2D eigenvalue weighted by Crippen LogP contribution is 2.16. The Labute approximate surface area is 120 Å². The molecule has 0 radical (unpaired) electrons. The molecule has 4 nitrogen and oxygen atoms in total. The van der Waals surface area contributed by atoms with Gasteiger partial charge in [0.2, 0.25) is 0 Å². The second kappa shape index (κ2) is 8.76. The summed E-state index contributed by atoms with van der Waals surface area (Å²) in [5.41, 5.74) is 0.601. The summed E-state index contributed by atoms with van der Waals surface area (Å²) in [6.45, 7) is 5.36. The molecule has 5 heteroatoms. The first-order valence-corrected chi connectivity index (χ1v) is 6.32. The molecule has 0 N–H and O–H groups in total. The molecule has 0 bridgehead atoms. The average molecular weight is 283 g/mol. The van der Waals surface area contributed by atoms with Crippen molar-refractivity contribution in [1.29, 1.82) is 5.26 Å². The molecule has 0 saturated carbocycles. The molecule has 1 aromatic rings. The summed E-state index contributed by atoms with van der Waals surface area (Å²) in [4.78, 5) is 2.38. The molecule has 0 aromatic heterocycles. The lowest BCUT2D eigenvalue weighted by Crippen LogP contribution is -2.37. The Hall–Kier alpha value is -1.28. The van der Waals surface area contributed by atoms with Crippen molar-refractivity contribution in [3.63, 3.8) is 0 Å². The smallest absolute Gasteiger partial charge is 0.137 e. The number of morpholine rings is 1. The lowest BCUT2D eigenvalue weighted by Gasteiger charge is -2.26. The van der Waals surface area contributed by atoms with Gasteiger partial charge in [0.1, 0.15) is 11.8 Å². The molecule has 1 saturated heterocycles. The topological polar surface area (TPSA) is 45.5 Å². The van der Waals surface area contributed by atoms with Crippen LogP contribution in [0.4, 0.5) is 0 Å². The van der Waals surface area contributed by atoms with Crippen LogP contribution in [-0.2, 0) is 4.74 Å². The third kappa shape index (κ3) is 5.07. The zero-order valence-corrected chi connectivity index (χ0v) is 11.7. The molecular weight excluding hydrogens is 264 g/mol. The monoisotopic (exact) mass is 282 g/mol. The van der Waals surface area contributed by atoms with Gasteiger partial charge in [-0.2, -0.15) is 5.26 Å². The van der Waals surface area contributed by atoms with Gasteiger partial charge in [-0.25, -0.2) is 0 Å². The van der Waals surface area contributed by atoms with Crippen LogP contribution in [0, 0.1) is 11.3 Å². The Balaban J connectivity index is 0.00000180. The van der Waals surface area contributed by atoms with Crippen LogP contribution in [0.3, 0.4) is 0 Å². The quantitative estimate of drug-likeness (QED) is 0.776. The Morgan fingerprint density at radius 3 is 2.74 bits per heavy atom. The average Bonchev–Trinajstić information content (AvgIpc) is 2.45. The van der Waals surface area contributed by atoms with Crippen molar-refractivity contribution in [3.8, 4) is 11.8 Å². The van der Waals surface area contributed by atoms with Gasteiger partial charge in [-0.05, 0) is 18.6 Å². The molecule has 0 spiro atoms. The van der Waals surface area contributed by atoms with Gasteiger partial charge < -0.3 is 9.47 Å². The number of hydrogen-bond donors (Lipinski definition) is 0. The molecule has 1 aliphatic heterocycles. The van der Waals surface area contributed by atoms with Crippen LogP contribution in [0.25, 0.3) is 0 Å². The zero-order chi connectivity index (χ0) is 12.6. The van der Waals surface area contributed by atoms with Crippen LogP contribution in [0.5, 0.6) is 5.75 Å². The third-order valence-electron chi connectivity index (χ3n) is 2.99. The number of hydrogen-bond acceptors (Lipinski definition) is 4. The van der Waals surface area contributed by atoms with E-state index in [1.165, 1.54) is 0 Å². The Morgan fingerprint density at radius 1 is 1.26 bits per heavy atom. The van der Waals surface area contributed by atoms with Crippen LogP contribution < -0.4 is 4.74 Å². The van der Waals surface area contributed by atoms with Gasteiger partial charge in [0.25, 0.3) is 0 Å². The highest BCUT2D eigenvalue weighted by atomic mass is 35.5. The van der Waals surface area contributed by atoms with E-state index < -0.39 is 0 Å². The van der Waals surface area contributed by atoms with E-state index in [0.29, 0.717) is 17.9 Å². The van der Waals surface area contributed by atoms with E-state index in [-0.39, 0.29) is 12.4 Å². The van der Waals surface area contributed by atoms with Crippen LogP contribution in [0.1, 0.15) is 12.0 Å². The second-order valence-electron chi connectivity index (χ2n) is 4.26. The van der Waals surface area contributed by atoms with Gasteiger partial charge in [-0.3, -0.25) is 4.90 Å². The van der Waals surface area contributed by atoms with Gasteiger partial charge in [0, 0.05) is 19.6 Å². The summed E-state index contributed by atoms with van der Waals surface area (Å²) in [6, 6.07) is 9.48. The lowest BCUT2D eigenvalue weighted by atomic mass is 10.2. The molecular formula is C14H19ClN2O2. The number of benzene rings is 1. The normalized spacial score (nSPS) is 15.3. The Morgan fingerprint density at radius 2 is 2.00 bits per heavy atom. The molecule has 0 amide bonds. The number of nitrogens with zero attached hydrogens (tertiary/aromatic N) is 2. The molecule has 1 aliphatic rings. The summed E-state index contributed by atoms with van der Waals surface area (Å²) < 4.78 is 10.9. The molecule has 0 aliphatic carbocycles. The van der Waals surface area contributed by atoms with Crippen molar-refractivity contribution in [3.05, 3.63) is 29.8 Å². The lowest BCUT2D eigenvalue weighted by molar-refractivity contribution is 0.0358. The first kappa shape index (κ1) is 15.8. The maximum absolute atomic E-state index is 8.93. The van der Waals surface area contributed by atoms with E-state index in [1.807, 2.05) is 18.2 Å². The van der Waals surface area contributed by atoms with Crippen molar-refractivity contribution in [1.82, 2.24) is 4.90 Å². The molecule has 1 heterocycles. The summed E-state index contributed by atoms with van der Waals surface area (Å²) >= 11 is 0. The van der Waals surface area contributed by atoms with Crippen molar-refractivity contribution in [2.75, 3.05) is 39.5 Å². The predicted molar refractivity (Wildman–Crippen MR) is 75.8 cm³/mol. The summed E-state index contributed by atoms with van der Waals surface area (Å²) in [7, 11) is 0. The molecule has 1 fully saturated rings. The van der Waals surface area contributed by atoms with Crippen LogP contribution >= 0.6 is 12.4 Å². The van der Waals surface area contributed by atoms with Gasteiger partial charge in [0.05, 0.1) is 25.4 Å². The first-order chi connectivity index (χ1) is 8.90. The molecule has 1 aromatic carbocycles. The van der Waals surface area contributed by atoms with E-state index in [2.05, 4.69) is 11.0 Å². The van der Waals surface area contributed by atoms with Crippen molar-refractivity contribution in [2.24, 2.45) is 0 Å². The molecule has 2 rings (SSSR count). The van der Waals surface area contributed by atoms with E-state index in [9.17, 15) is 0 Å². The van der Waals surface area contributed by atoms with Crippen molar-refractivity contribution in [2.45, 2.75) is 6.42 Å². The third-order valence-corrected chi connectivity index (χ3v) is 2.99. The molecule has 0 unspecified atom stereocenters. The summed E-state index contributed by atoms with van der Waals surface area (Å²) in [5.74, 6) is 0.682. The molecule has 0 atom stereocenters. The fourth-order valence-electron chi connectivity index (χ4n) is 1.98. The summed E-state index contributed by atoms with van der Waals surface area (Å²) in [5, 5.41) is 8.93. The highest BCUT2D eigenvalue weighted by Gasteiger charge is 2.09. The van der Waals surface area contributed by atoms with Gasteiger partial charge in [-0.1, -0.05) is 12.1 Å². The summed E-state index contributed by atoms with van der Waals surface area (Å²) in [6.07, 6.45) is 0.972. The largest absolute Gasteiger partial charge is 0.492 e. The Bertz CT molecular complexity index is 414. The van der Waals surface area contributed by atoms with Crippen molar-refractivity contribution >= 4 is 12.4 Å². The minimum Gasteiger partial charge on any atom is -0.492 e. The van der Waals surface area contributed by atoms with Gasteiger partial charge in [-0.15, -0.1) is 12.4 Å². The minimum atomic E-state index is 0. The van der Waals surface area contributed by atoms with Gasteiger partial charge >= 0.3 is 0 Å². The maximum atomic E-state index is 8.93. The van der Waals surface area contributed by atoms with Crippen LogP contribution in [-0.4, -0.2) is 44.4 Å². The number of para-hydroxylation sites is 1. The number of ether oxygens (including phenoxy) is 2. The fraction of sp³-hybridized carbons (Fsp3) is 0.500. The van der Waals surface area contributed by atoms with Crippen LogP contribution in [0.2, 0.25) is 0 Å². The molecule has 19 heavy (non-hydrogen) atoms.